The summed E-state index contributed by atoms with van der Waals surface area (Å²) in [5.41, 5.74) is 1.26. The van der Waals surface area contributed by atoms with Gasteiger partial charge >= 0.3 is 0 Å². The number of rotatable bonds is 1. The molecule has 0 aliphatic carbocycles. The molecule has 0 unspecified atom stereocenters. The molecule has 0 saturated heterocycles. The molecular formula is C13H7ClFN. The predicted molar refractivity (Wildman–Crippen MR) is 61.6 cm³/mol. The number of halogens is 2. The van der Waals surface area contributed by atoms with E-state index in [1.807, 2.05) is 24.3 Å². The summed E-state index contributed by atoms with van der Waals surface area (Å²) in [5, 5.41) is 8.93. The van der Waals surface area contributed by atoms with Crippen molar-refractivity contribution >= 4 is 11.6 Å². The van der Waals surface area contributed by atoms with Crippen LogP contribution in [0.4, 0.5) is 4.39 Å². The topological polar surface area (TPSA) is 23.8 Å². The zero-order chi connectivity index (χ0) is 11.5. The van der Waals surface area contributed by atoms with Gasteiger partial charge in [0.25, 0.3) is 0 Å². The molecular weight excluding hydrogens is 225 g/mol. The molecule has 0 atom stereocenters. The molecule has 0 aromatic heterocycles. The zero-order valence-electron chi connectivity index (χ0n) is 8.24. The SMILES string of the molecule is N#Cc1cc(F)c(-c2ccccc2)c(Cl)c1. The fourth-order valence-electron chi connectivity index (χ4n) is 1.52. The van der Waals surface area contributed by atoms with Crippen LogP contribution in [0.5, 0.6) is 0 Å². The number of nitrogens with zero attached hydrogens (tertiary/aromatic N) is 1. The highest BCUT2D eigenvalue weighted by atomic mass is 35.5. The van der Waals surface area contributed by atoms with Crippen molar-refractivity contribution in [2.75, 3.05) is 0 Å². The van der Waals surface area contributed by atoms with Crippen LogP contribution in [0, 0.1) is 17.1 Å². The van der Waals surface area contributed by atoms with Crippen molar-refractivity contribution in [3.8, 4) is 17.2 Å². The highest BCUT2D eigenvalue weighted by Crippen LogP contribution is 2.31. The molecule has 16 heavy (non-hydrogen) atoms. The summed E-state index contributed by atoms with van der Waals surface area (Å²) >= 11 is 5.96. The minimum Gasteiger partial charge on any atom is -0.206 e. The second kappa shape index (κ2) is 4.34. The molecule has 2 rings (SSSR count). The first-order valence-corrected chi connectivity index (χ1v) is 5.04. The lowest BCUT2D eigenvalue weighted by Crippen LogP contribution is -1.88. The van der Waals surface area contributed by atoms with Crippen molar-refractivity contribution in [3.05, 3.63) is 58.9 Å². The van der Waals surface area contributed by atoms with Crippen molar-refractivity contribution < 1.29 is 4.39 Å². The maximum atomic E-state index is 13.7. The minimum atomic E-state index is -0.477. The Kier molecular flexibility index (Phi) is 2.89. The van der Waals surface area contributed by atoms with Gasteiger partial charge in [0, 0.05) is 5.56 Å². The van der Waals surface area contributed by atoms with Crippen LogP contribution in [0.15, 0.2) is 42.5 Å². The summed E-state index contributed by atoms with van der Waals surface area (Å²) in [4.78, 5) is 0. The van der Waals surface area contributed by atoms with E-state index in [9.17, 15) is 4.39 Å². The van der Waals surface area contributed by atoms with Crippen molar-refractivity contribution in [2.24, 2.45) is 0 Å². The molecule has 0 fully saturated rings. The Morgan fingerprint density at radius 2 is 1.81 bits per heavy atom. The normalized spacial score (nSPS) is 9.81. The van der Waals surface area contributed by atoms with E-state index < -0.39 is 5.82 Å². The van der Waals surface area contributed by atoms with Crippen molar-refractivity contribution in [2.45, 2.75) is 0 Å². The van der Waals surface area contributed by atoms with Gasteiger partial charge in [0.2, 0.25) is 0 Å². The summed E-state index contributed by atoms with van der Waals surface area (Å²) in [6.45, 7) is 0. The molecule has 2 aromatic rings. The number of nitriles is 1. The standard InChI is InChI=1S/C13H7ClFN/c14-11-6-9(8-16)7-12(15)13(11)10-4-2-1-3-5-10/h1-7H. The maximum absolute atomic E-state index is 13.7. The van der Waals surface area contributed by atoms with Crippen molar-refractivity contribution in [1.29, 1.82) is 5.26 Å². The molecule has 0 saturated carbocycles. The molecule has 0 aliphatic rings. The van der Waals surface area contributed by atoms with Crippen LogP contribution in [0.2, 0.25) is 5.02 Å². The van der Waals surface area contributed by atoms with Crippen LogP contribution in [-0.4, -0.2) is 0 Å². The Morgan fingerprint density at radius 1 is 1.12 bits per heavy atom. The van der Waals surface area contributed by atoms with Crippen LogP contribution in [-0.2, 0) is 0 Å². The van der Waals surface area contributed by atoms with E-state index in [0.717, 1.165) is 0 Å². The molecule has 0 amide bonds. The van der Waals surface area contributed by atoms with E-state index in [4.69, 9.17) is 16.9 Å². The Hall–Kier alpha value is -1.85. The first kappa shape index (κ1) is 10.7. The van der Waals surface area contributed by atoms with Crippen molar-refractivity contribution in [3.63, 3.8) is 0 Å². The summed E-state index contributed by atoms with van der Waals surface area (Å²) in [6, 6.07) is 13.5. The van der Waals surface area contributed by atoms with Crippen LogP contribution in [0.1, 0.15) is 5.56 Å². The third kappa shape index (κ3) is 1.91. The molecule has 0 aliphatic heterocycles. The van der Waals surface area contributed by atoms with E-state index in [1.54, 1.807) is 12.1 Å². The summed E-state index contributed by atoms with van der Waals surface area (Å²) in [5.74, 6) is -0.477. The van der Waals surface area contributed by atoms with E-state index in [-0.39, 0.29) is 10.6 Å². The molecule has 1 nitrogen and oxygen atoms in total. The number of hydrogen-bond donors (Lipinski definition) is 0. The van der Waals surface area contributed by atoms with Gasteiger partial charge in [-0.3, -0.25) is 0 Å². The quantitative estimate of drug-likeness (QED) is 0.727. The lowest BCUT2D eigenvalue weighted by atomic mass is 10.0. The highest BCUT2D eigenvalue weighted by Gasteiger charge is 2.11. The van der Waals surface area contributed by atoms with E-state index in [2.05, 4.69) is 0 Å². The lowest BCUT2D eigenvalue weighted by molar-refractivity contribution is 0.631. The van der Waals surface area contributed by atoms with Crippen LogP contribution >= 0.6 is 11.6 Å². The summed E-state index contributed by atoms with van der Waals surface area (Å²) in [6.07, 6.45) is 0. The van der Waals surface area contributed by atoms with Gasteiger partial charge in [0.05, 0.1) is 16.7 Å². The number of hydrogen-bond acceptors (Lipinski definition) is 1. The van der Waals surface area contributed by atoms with Gasteiger partial charge in [-0.15, -0.1) is 0 Å². The fourth-order valence-corrected chi connectivity index (χ4v) is 1.84. The molecule has 2 aromatic carbocycles. The van der Waals surface area contributed by atoms with Crippen LogP contribution in [0.3, 0.4) is 0 Å². The zero-order valence-corrected chi connectivity index (χ0v) is 9.00. The van der Waals surface area contributed by atoms with E-state index in [0.29, 0.717) is 11.1 Å². The molecule has 78 valence electrons. The third-order valence-electron chi connectivity index (χ3n) is 2.23. The summed E-state index contributed by atoms with van der Waals surface area (Å²) < 4.78 is 13.7. The maximum Gasteiger partial charge on any atom is 0.133 e. The number of benzene rings is 2. The van der Waals surface area contributed by atoms with Crippen LogP contribution < -0.4 is 0 Å². The molecule has 3 heteroatoms. The molecule has 0 N–H and O–H groups in total. The monoisotopic (exact) mass is 231 g/mol. The van der Waals surface area contributed by atoms with Crippen molar-refractivity contribution in [1.82, 2.24) is 0 Å². The van der Waals surface area contributed by atoms with Gasteiger partial charge in [-0.2, -0.15) is 5.26 Å². The molecule has 0 spiro atoms. The van der Waals surface area contributed by atoms with Gasteiger partial charge in [0.15, 0.2) is 0 Å². The van der Waals surface area contributed by atoms with E-state index >= 15 is 0 Å². The van der Waals surface area contributed by atoms with Gasteiger partial charge in [0.1, 0.15) is 5.82 Å². The average molecular weight is 232 g/mol. The average Bonchev–Trinajstić information content (AvgIpc) is 2.29. The van der Waals surface area contributed by atoms with E-state index in [1.165, 1.54) is 12.1 Å². The fraction of sp³-hybridized carbons (Fsp3) is 0. The first-order valence-electron chi connectivity index (χ1n) is 4.67. The molecule has 0 bridgehead atoms. The minimum absolute atomic E-state index is 0.224. The van der Waals surface area contributed by atoms with Crippen LogP contribution in [0.25, 0.3) is 11.1 Å². The highest BCUT2D eigenvalue weighted by molar-refractivity contribution is 6.33. The Bertz CT molecular complexity index is 535. The molecule has 0 heterocycles. The van der Waals surface area contributed by atoms with Gasteiger partial charge in [-0.1, -0.05) is 41.9 Å². The smallest absolute Gasteiger partial charge is 0.133 e. The van der Waals surface area contributed by atoms with Gasteiger partial charge < -0.3 is 0 Å². The predicted octanol–water partition coefficient (Wildman–Crippen LogP) is 4.02. The first-order chi connectivity index (χ1) is 7.72. The Labute approximate surface area is 97.7 Å². The Balaban J connectivity index is 2.64. The summed E-state index contributed by atoms with van der Waals surface area (Å²) in [7, 11) is 0. The Morgan fingerprint density at radius 3 is 2.38 bits per heavy atom. The molecule has 0 radical (unpaired) electrons. The third-order valence-corrected chi connectivity index (χ3v) is 2.53. The largest absolute Gasteiger partial charge is 0.206 e. The second-order valence-corrected chi connectivity index (χ2v) is 3.70. The lowest BCUT2D eigenvalue weighted by Gasteiger charge is -2.06. The van der Waals surface area contributed by atoms with Gasteiger partial charge in [-0.05, 0) is 17.7 Å². The second-order valence-electron chi connectivity index (χ2n) is 3.29. The van der Waals surface area contributed by atoms with Gasteiger partial charge in [-0.25, -0.2) is 4.39 Å².